The molecule has 2 N–H and O–H groups in total. The smallest absolute Gasteiger partial charge is 0.259 e. The molecule has 0 spiro atoms. The van der Waals surface area contributed by atoms with Crippen molar-refractivity contribution < 1.29 is 4.79 Å². The van der Waals surface area contributed by atoms with Gasteiger partial charge in [0.05, 0.1) is 11.4 Å². The highest BCUT2D eigenvalue weighted by Gasteiger charge is 2.21. The number of thiophene rings is 1. The summed E-state index contributed by atoms with van der Waals surface area (Å²) in [7, 11) is 0. The Bertz CT molecular complexity index is 1010. The molecule has 2 heterocycles. The van der Waals surface area contributed by atoms with E-state index < -0.39 is 0 Å². The fourth-order valence-corrected chi connectivity index (χ4v) is 4.82. The van der Waals surface area contributed by atoms with E-state index in [1.54, 1.807) is 11.3 Å². The van der Waals surface area contributed by atoms with Gasteiger partial charge in [0, 0.05) is 17.7 Å². The molecule has 1 aromatic carbocycles. The van der Waals surface area contributed by atoms with Crippen molar-refractivity contribution in [1.82, 2.24) is 15.3 Å². The fraction of sp³-hybridized carbons (Fsp3) is 0.350. The molecule has 1 amide bonds. The molecule has 134 valence electrons. The van der Waals surface area contributed by atoms with E-state index in [0.717, 1.165) is 35.0 Å². The minimum atomic E-state index is -0.0672. The molecule has 3 aromatic rings. The number of H-pyrrole nitrogens is 1. The van der Waals surface area contributed by atoms with E-state index in [4.69, 9.17) is 0 Å². The van der Waals surface area contributed by atoms with Crippen LogP contribution in [0.4, 0.5) is 0 Å². The lowest BCUT2D eigenvalue weighted by Crippen LogP contribution is -2.27. The maximum Gasteiger partial charge on any atom is 0.259 e. The van der Waals surface area contributed by atoms with E-state index in [9.17, 15) is 9.59 Å². The molecule has 0 fully saturated rings. The Morgan fingerprint density at radius 1 is 1.31 bits per heavy atom. The first kappa shape index (κ1) is 17.0. The first-order chi connectivity index (χ1) is 12.6. The highest BCUT2D eigenvalue weighted by Crippen LogP contribution is 2.34. The third-order valence-electron chi connectivity index (χ3n) is 4.89. The first-order valence-corrected chi connectivity index (χ1v) is 9.81. The van der Waals surface area contributed by atoms with Gasteiger partial charge in [-0.15, -0.1) is 11.3 Å². The van der Waals surface area contributed by atoms with Gasteiger partial charge in [0.25, 0.3) is 5.56 Å². The summed E-state index contributed by atoms with van der Waals surface area (Å²) in [6, 6.07) is 9.82. The number of amides is 1. The molecule has 0 saturated carbocycles. The SMILES string of the molecule is C[C@H](NC(=O)CCc1nc2sc3c(c2c(=O)[nH]1)CCC3)c1ccccc1. The molecular weight excluding hydrogens is 346 g/mol. The maximum absolute atomic E-state index is 12.4. The number of aromatic amines is 1. The van der Waals surface area contributed by atoms with Crippen LogP contribution in [0.5, 0.6) is 0 Å². The molecule has 0 bridgehead atoms. The van der Waals surface area contributed by atoms with Crippen molar-refractivity contribution in [2.45, 2.75) is 45.1 Å². The standard InChI is InChI=1S/C20H21N3O2S/c1-12(13-6-3-2-4-7-13)21-17(24)11-10-16-22-19(25)18-14-8-5-9-15(14)26-20(18)23-16/h2-4,6-7,12H,5,8-11H2,1H3,(H,21,24)(H,22,23,25)/t12-/m0/s1. The Kier molecular flexibility index (Phi) is 4.59. The molecule has 2 aromatic heterocycles. The summed E-state index contributed by atoms with van der Waals surface area (Å²) in [6.45, 7) is 1.96. The predicted molar refractivity (Wildman–Crippen MR) is 104 cm³/mol. The number of nitrogens with one attached hydrogen (secondary N) is 2. The lowest BCUT2D eigenvalue weighted by Gasteiger charge is -2.14. The van der Waals surface area contributed by atoms with E-state index in [1.807, 2.05) is 37.3 Å². The lowest BCUT2D eigenvalue weighted by molar-refractivity contribution is -0.121. The highest BCUT2D eigenvalue weighted by atomic mass is 32.1. The van der Waals surface area contributed by atoms with Crippen LogP contribution in [0, 0.1) is 0 Å². The summed E-state index contributed by atoms with van der Waals surface area (Å²) in [6.07, 6.45) is 3.88. The molecule has 0 radical (unpaired) electrons. The van der Waals surface area contributed by atoms with Crippen molar-refractivity contribution in [1.29, 1.82) is 0 Å². The zero-order valence-corrected chi connectivity index (χ0v) is 15.5. The Hall–Kier alpha value is -2.47. The second-order valence-corrected chi connectivity index (χ2v) is 7.83. The lowest BCUT2D eigenvalue weighted by atomic mass is 10.1. The number of hydrogen-bond donors (Lipinski definition) is 2. The Morgan fingerprint density at radius 3 is 2.92 bits per heavy atom. The van der Waals surface area contributed by atoms with Gasteiger partial charge in [-0.3, -0.25) is 9.59 Å². The van der Waals surface area contributed by atoms with Crippen molar-refractivity contribution in [3.63, 3.8) is 0 Å². The van der Waals surface area contributed by atoms with Gasteiger partial charge in [-0.2, -0.15) is 0 Å². The molecule has 4 rings (SSSR count). The molecule has 26 heavy (non-hydrogen) atoms. The number of aromatic nitrogens is 2. The molecule has 0 aliphatic heterocycles. The van der Waals surface area contributed by atoms with Gasteiger partial charge in [-0.1, -0.05) is 30.3 Å². The third-order valence-corrected chi connectivity index (χ3v) is 6.08. The van der Waals surface area contributed by atoms with Crippen molar-refractivity contribution in [2.75, 3.05) is 0 Å². The largest absolute Gasteiger partial charge is 0.350 e. The summed E-state index contributed by atoms with van der Waals surface area (Å²) in [5, 5.41) is 3.75. The van der Waals surface area contributed by atoms with Crippen molar-refractivity contribution in [2.24, 2.45) is 0 Å². The molecular formula is C20H21N3O2S. The van der Waals surface area contributed by atoms with Crippen LogP contribution in [0.25, 0.3) is 10.2 Å². The van der Waals surface area contributed by atoms with Gasteiger partial charge in [-0.05, 0) is 37.3 Å². The third kappa shape index (κ3) is 3.29. The zero-order chi connectivity index (χ0) is 18.1. The minimum Gasteiger partial charge on any atom is -0.350 e. The highest BCUT2D eigenvalue weighted by molar-refractivity contribution is 7.18. The van der Waals surface area contributed by atoms with Crippen LogP contribution >= 0.6 is 11.3 Å². The van der Waals surface area contributed by atoms with Crippen LogP contribution in [0.3, 0.4) is 0 Å². The molecule has 5 nitrogen and oxygen atoms in total. The number of benzene rings is 1. The second-order valence-electron chi connectivity index (χ2n) is 6.75. The Labute approximate surface area is 155 Å². The zero-order valence-electron chi connectivity index (χ0n) is 14.7. The van der Waals surface area contributed by atoms with Gasteiger partial charge in [0.15, 0.2) is 0 Å². The number of rotatable bonds is 5. The number of carbonyl (C=O) groups is 1. The monoisotopic (exact) mass is 367 g/mol. The summed E-state index contributed by atoms with van der Waals surface area (Å²) in [5.41, 5.74) is 2.18. The molecule has 0 unspecified atom stereocenters. The van der Waals surface area contributed by atoms with Crippen LogP contribution in [0.15, 0.2) is 35.1 Å². The van der Waals surface area contributed by atoms with Gasteiger partial charge in [0.1, 0.15) is 10.7 Å². The number of hydrogen-bond acceptors (Lipinski definition) is 4. The van der Waals surface area contributed by atoms with Gasteiger partial charge >= 0.3 is 0 Å². The number of nitrogens with zero attached hydrogens (tertiary/aromatic N) is 1. The summed E-state index contributed by atoms with van der Waals surface area (Å²) >= 11 is 1.63. The van der Waals surface area contributed by atoms with Crippen LogP contribution in [-0.4, -0.2) is 15.9 Å². The number of aryl methyl sites for hydroxylation is 3. The summed E-state index contributed by atoms with van der Waals surface area (Å²) in [4.78, 5) is 34.2. The number of carbonyl (C=O) groups excluding carboxylic acids is 1. The van der Waals surface area contributed by atoms with E-state index in [2.05, 4.69) is 15.3 Å². The average molecular weight is 367 g/mol. The first-order valence-electron chi connectivity index (χ1n) is 8.99. The quantitative estimate of drug-likeness (QED) is 0.727. The van der Waals surface area contributed by atoms with Crippen molar-refractivity contribution in [3.8, 4) is 0 Å². The summed E-state index contributed by atoms with van der Waals surface area (Å²) in [5.74, 6) is 0.544. The molecule has 1 aliphatic rings. The van der Waals surface area contributed by atoms with Crippen molar-refractivity contribution in [3.05, 3.63) is 62.5 Å². The predicted octanol–water partition coefficient (Wildman–Crippen LogP) is 3.28. The molecule has 1 aliphatic carbocycles. The molecule has 1 atom stereocenters. The topological polar surface area (TPSA) is 74.8 Å². The van der Waals surface area contributed by atoms with Crippen molar-refractivity contribution >= 4 is 27.5 Å². The maximum atomic E-state index is 12.4. The van der Waals surface area contributed by atoms with E-state index in [0.29, 0.717) is 18.7 Å². The normalized spacial score (nSPS) is 14.3. The van der Waals surface area contributed by atoms with Gasteiger partial charge in [0.2, 0.25) is 5.91 Å². The van der Waals surface area contributed by atoms with Gasteiger partial charge < -0.3 is 10.3 Å². The van der Waals surface area contributed by atoms with Crippen LogP contribution in [0.2, 0.25) is 0 Å². The van der Waals surface area contributed by atoms with Crippen LogP contribution in [0.1, 0.15) is 47.6 Å². The fourth-order valence-electron chi connectivity index (χ4n) is 3.54. The molecule has 0 saturated heterocycles. The summed E-state index contributed by atoms with van der Waals surface area (Å²) < 4.78 is 0. The Balaban J connectivity index is 1.43. The van der Waals surface area contributed by atoms with Crippen LogP contribution < -0.4 is 10.9 Å². The second kappa shape index (κ2) is 7.03. The average Bonchev–Trinajstić information content (AvgIpc) is 3.21. The van der Waals surface area contributed by atoms with E-state index in [-0.39, 0.29) is 17.5 Å². The molecule has 6 heteroatoms. The van der Waals surface area contributed by atoms with E-state index in [1.165, 1.54) is 10.4 Å². The van der Waals surface area contributed by atoms with E-state index >= 15 is 0 Å². The minimum absolute atomic E-state index is 0.0431. The van der Waals surface area contributed by atoms with Crippen LogP contribution in [-0.2, 0) is 24.1 Å². The Morgan fingerprint density at radius 2 is 2.12 bits per heavy atom. The van der Waals surface area contributed by atoms with Gasteiger partial charge in [-0.25, -0.2) is 4.98 Å². The number of fused-ring (bicyclic) bond motifs is 3.